The van der Waals surface area contributed by atoms with Crippen LogP contribution in [0.15, 0.2) is 18.2 Å². The summed E-state index contributed by atoms with van der Waals surface area (Å²) in [4.78, 5) is 24.7. The second-order valence-corrected chi connectivity index (χ2v) is 6.26. The number of amides is 1. The first-order chi connectivity index (χ1) is 12.4. The van der Waals surface area contributed by atoms with E-state index in [4.69, 9.17) is 14.6 Å². The van der Waals surface area contributed by atoms with Crippen LogP contribution in [-0.4, -0.2) is 53.8 Å². The molecule has 1 aliphatic rings. The standard InChI is InChI=1S/C18H23F2NO5/c1-12(26-11-14-3-2-8-25-14)18(24)21(7-6-17(22)23)10-13-4-5-15(19)16(20)9-13/h4-5,9,12,14H,2-3,6-8,10-11H2,1H3,(H,22,23). The molecule has 1 fully saturated rings. The maximum atomic E-state index is 13.4. The molecule has 6 nitrogen and oxygen atoms in total. The van der Waals surface area contributed by atoms with Gasteiger partial charge in [0.1, 0.15) is 6.10 Å². The molecule has 1 aromatic rings. The highest BCUT2D eigenvalue weighted by Gasteiger charge is 2.24. The monoisotopic (exact) mass is 371 g/mol. The van der Waals surface area contributed by atoms with Crippen LogP contribution < -0.4 is 0 Å². The van der Waals surface area contributed by atoms with Crippen LogP contribution in [0, 0.1) is 11.6 Å². The van der Waals surface area contributed by atoms with Gasteiger partial charge in [-0.3, -0.25) is 9.59 Å². The predicted molar refractivity (Wildman–Crippen MR) is 88.4 cm³/mol. The Morgan fingerprint density at radius 1 is 1.38 bits per heavy atom. The zero-order valence-corrected chi connectivity index (χ0v) is 14.6. The third-order valence-electron chi connectivity index (χ3n) is 4.17. The van der Waals surface area contributed by atoms with Crippen molar-refractivity contribution in [2.45, 2.75) is 44.9 Å². The molecule has 2 unspecified atom stereocenters. The molecule has 1 amide bonds. The Morgan fingerprint density at radius 3 is 2.77 bits per heavy atom. The van der Waals surface area contributed by atoms with Crippen molar-refractivity contribution in [3.05, 3.63) is 35.4 Å². The van der Waals surface area contributed by atoms with E-state index < -0.39 is 29.6 Å². The maximum Gasteiger partial charge on any atom is 0.305 e. The second kappa shape index (κ2) is 9.59. The Bertz CT molecular complexity index is 634. The van der Waals surface area contributed by atoms with Gasteiger partial charge in [-0.2, -0.15) is 0 Å². The molecule has 0 radical (unpaired) electrons. The van der Waals surface area contributed by atoms with Crippen LogP contribution in [0.5, 0.6) is 0 Å². The number of nitrogens with zero attached hydrogens (tertiary/aromatic N) is 1. The molecule has 2 atom stereocenters. The van der Waals surface area contributed by atoms with Gasteiger partial charge in [0, 0.05) is 19.7 Å². The van der Waals surface area contributed by atoms with Crippen molar-refractivity contribution in [3.63, 3.8) is 0 Å². The number of hydrogen-bond acceptors (Lipinski definition) is 4. The highest BCUT2D eigenvalue weighted by molar-refractivity contribution is 5.81. The molecule has 1 aliphatic heterocycles. The molecule has 0 aliphatic carbocycles. The number of benzene rings is 1. The van der Waals surface area contributed by atoms with E-state index in [-0.39, 0.29) is 32.2 Å². The van der Waals surface area contributed by atoms with Gasteiger partial charge in [-0.1, -0.05) is 6.07 Å². The topological polar surface area (TPSA) is 76.1 Å². The van der Waals surface area contributed by atoms with Crippen molar-refractivity contribution >= 4 is 11.9 Å². The fraction of sp³-hybridized carbons (Fsp3) is 0.556. The van der Waals surface area contributed by atoms with Crippen LogP contribution in [0.25, 0.3) is 0 Å². The lowest BCUT2D eigenvalue weighted by atomic mass is 10.1. The van der Waals surface area contributed by atoms with Crippen LogP contribution in [0.1, 0.15) is 31.7 Å². The molecule has 26 heavy (non-hydrogen) atoms. The number of carboxylic acids is 1. The van der Waals surface area contributed by atoms with Crippen LogP contribution in [0.3, 0.4) is 0 Å². The highest BCUT2D eigenvalue weighted by atomic mass is 19.2. The number of rotatable bonds is 9. The van der Waals surface area contributed by atoms with Crippen molar-refractivity contribution in [3.8, 4) is 0 Å². The molecule has 0 saturated carbocycles. The summed E-state index contributed by atoms with van der Waals surface area (Å²) in [5.74, 6) is -3.46. The highest BCUT2D eigenvalue weighted by Crippen LogP contribution is 2.15. The summed E-state index contributed by atoms with van der Waals surface area (Å²) in [5, 5.41) is 8.88. The summed E-state index contributed by atoms with van der Waals surface area (Å²) in [5.41, 5.74) is 0.369. The van der Waals surface area contributed by atoms with Crippen LogP contribution in [0.2, 0.25) is 0 Å². The van der Waals surface area contributed by atoms with E-state index in [0.717, 1.165) is 25.0 Å². The molecule has 0 aromatic heterocycles. The number of ether oxygens (including phenoxy) is 2. The Kier molecular flexibility index (Phi) is 7.47. The Balaban J connectivity index is 1.99. The largest absolute Gasteiger partial charge is 0.481 e. The van der Waals surface area contributed by atoms with Gasteiger partial charge in [-0.25, -0.2) is 8.78 Å². The van der Waals surface area contributed by atoms with Gasteiger partial charge in [-0.05, 0) is 37.5 Å². The molecule has 1 N–H and O–H groups in total. The summed E-state index contributed by atoms with van der Waals surface area (Å²) in [6.07, 6.45) is 0.742. The number of aliphatic carboxylic acids is 1. The number of carbonyl (C=O) groups is 2. The van der Waals surface area contributed by atoms with E-state index in [1.807, 2.05) is 0 Å². The van der Waals surface area contributed by atoms with Gasteiger partial charge in [0.25, 0.3) is 5.91 Å². The molecular weight excluding hydrogens is 348 g/mol. The lowest BCUT2D eigenvalue weighted by Crippen LogP contribution is -2.40. The van der Waals surface area contributed by atoms with E-state index in [2.05, 4.69) is 0 Å². The van der Waals surface area contributed by atoms with Crippen molar-refractivity contribution in [1.29, 1.82) is 0 Å². The van der Waals surface area contributed by atoms with Crippen LogP contribution >= 0.6 is 0 Å². The second-order valence-electron chi connectivity index (χ2n) is 6.26. The van der Waals surface area contributed by atoms with Crippen molar-refractivity contribution in [2.24, 2.45) is 0 Å². The Morgan fingerprint density at radius 2 is 2.15 bits per heavy atom. The summed E-state index contributed by atoms with van der Waals surface area (Å²) in [7, 11) is 0. The van der Waals surface area contributed by atoms with E-state index in [0.29, 0.717) is 12.2 Å². The van der Waals surface area contributed by atoms with Gasteiger partial charge < -0.3 is 19.5 Å². The third kappa shape index (κ3) is 6.03. The summed E-state index contributed by atoms with van der Waals surface area (Å²) >= 11 is 0. The lowest BCUT2D eigenvalue weighted by molar-refractivity contribution is -0.146. The van der Waals surface area contributed by atoms with E-state index in [9.17, 15) is 18.4 Å². The third-order valence-corrected chi connectivity index (χ3v) is 4.17. The zero-order valence-electron chi connectivity index (χ0n) is 14.6. The van der Waals surface area contributed by atoms with E-state index in [1.54, 1.807) is 6.92 Å². The molecule has 1 aromatic carbocycles. The minimum atomic E-state index is -1.05. The molecule has 144 valence electrons. The number of carboxylic acid groups (broad SMARTS) is 1. The SMILES string of the molecule is CC(OCC1CCCO1)C(=O)N(CCC(=O)O)Cc1ccc(F)c(F)c1. The molecule has 0 spiro atoms. The molecule has 1 saturated heterocycles. The normalized spacial score (nSPS) is 17.9. The van der Waals surface area contributed by atoms with Crippen molar-refractivity contribution < 1.29 is 33.0 Å². The smallest absolute Gasteiger partial charge is 0.305 e. The average molecular weight is 371 g/mol. The predicted octanol–water partition coefficient (Wildman–Crippen LogP) is 2.35. The molecule has 2 rings (SSSR count). The summed E-state index contributed by atoms with van der Waals surface area (Å²) in [6.45, 7) is 2.45. The van der Waals surface area contributed by atoms with E-state index in [1.165, 1.54) is 11.0 Å². The Hall–Kier alpha value is -2.06. The molecule has 8 heteroatoms. The van der Waals surface area contributed by atoms with Gasteiger partial charge in [0.05, 0.1) is 19.1 Å². The van der Waals surface area contributed by atoms with Crippen LogP contribution in [-0.2, 0) is 25.6 Å². The van der Waals surface area contributed by atoms with Crippen molar-refractivity contribution in [2.75, 3.05) is 19.8 Å². The van der Waals surface area contributed by atoms with Gasteiger partial charge >= 0.3 is 5.97 Å². The van der Waals surface area contributed by atoms with Crippen molar-refractivity contribution in [1.82, 2.24) is 4.90 Å². The first-order valence-corrected chi connectivity index (χ1v) is 8.54. The minimum absolute atomic E-state index is 0.0308. The quantitative estimate of drug-likeness (QED) is 0.721. The minimum Gasteiger partial charge on any atom is -0.481 e. The molecular formula is C18H23F2NO5. The molecule has 0 bridgehead atoms. The first kappa shape index (κ1) is 20.3. The average Bonchev–Trinajstić information content (AvgIpc) is 3.12. The fourth-order valence-electron chi connectivity index (χ4n) is 2.71. The Labute approximate surface area is 150 Å². The van der Waals surface area contributed by atoms with Crippen LogP contribution in [0.4, 0.5) is 8.78 Å². The zero-order chi connectivity index (χ0) is 19.1. The lowest BCUT2D eigenvalue weighted by Gasteiger charge is -2.26. The van der Waals surface area contributed by atoms with E-state index >= 15 is 0 Å². The molecule has 1 heterocycles. The maximum absolute atomic E-state index is 13.4. The fourth-order valence-corrected chi connectivity index (χ4v) is 2.71. The van der Waals surface area contributed by atoms with Gasteiger partial charge in [0.15, 0.2) is 11.6 Å². The van der Waals surface area contributed by atoms with Gasteiger partial charge in [0.2, 0.25) is 0 Å². The first-order valence-electron chi connectivity index (χ1n) is 8.54. The summed E-state index contributed by atoms with van der Waals surface area (Å²) < 4.78 is 37.4. The number of hydrogen-bond donors (Lipinski definition) is 1. The number of carbonyl (C=O) groups excluding carboxylic acids is 1. The van der Waals surface area contributed by atoms with Gasteiger partial charge in [-0.15, -0.1) is 0 Å². The number of halogens is 2. The summed E-state index contributed by atoms with van der Waals surface area (Å²) in [6, 6.07) is 3.33.